The summed E-state index contributed by atoms with van der Waals surface area (Å²) in [6.07, 6.45) is 5.37. The monoisotopic (exact) mass is 399 g/mol. The number of aromatic nitrogens is 4. The average Bonchev–Trinajstić information content (AvgIpc) is 3.32. The number of nitrogens with one attached hydrogen (secondary N) is 2. The Bertz CT molecular complexity index is 997. The van der Waals surface area contributed by atoms with Gasteiger partial charge in [-0.2, -0.15) is 0 Å². The first-order chi connectivity index (χ1) is 13.8. The predicted octanol–water partition coefficient (Wildman–Crippen LogP) is 1.59. The average molecular weight is 399 g/mol. The smallest absolute Gasteiger partial charge is 0.273 e. The van der Waals surface area contributed by atoms with Crippen LogP contribution >= 0.6 is 11.9 Å². The lowest BCUT2D eigenvalue weighted by atomic mass is 10.1. The van der Waals surface area contributed by atoms with Crippen molar-refractivity contribution in [1.29, 1.82) is 0 Å². The molecule has 1 amide bonds. The van der Waals surface area contributed by atoms with Crippen molar-refractivity contribution >= 4 is 34.7 Å². The molecule has 0 aromatic carbocycles. The number of hydrogen-bond acceptors (Lipinski definition) is 8. The Morgan fingerprint density at radius 2 is 2.25 bits per heavy atom. The van der Waals surface area contributed by atoms with Crippen molar-refractivity contribution in [2.45, 2.75) is 19.4 Å². The molecule has 1 saturated heterocycles. The molecule has 2 aliphatic heterocycles. The van der Waals surface area contributed by atoms with Crippen molar-refractivity contribution in [3.05, 3.63) is 35.6 Å². The van der Waals surface area contributed by atoms with E-state index in [9.17, 15) is 4.79 Å². The zero-order valence-corrected chi connectivity index (χ0v) is 16.2. The molecule has 0 unspecified atom stereocenters. The van der Waals surface area contributed by atoms with Crippen LogP contribution in [0.4, 0.5) is 5.82 Å². The van der Waals surface area contributed by atoms with Gasteiger partial charge < -0.3 is 19.7 Å². The van der Waals surface area contributed by atoms with Gasteiger partial charge in [0, 0.05) is 50.1 Å². The minimum Gasteiger partial charge on any atom is -0.360 e. The molecule has 3 aromatic heterocycles. The number of nitrogens with zero attached hydrogens (tertiary/aromatic N) is 5. The standard InChI is InChI=1S/C18H21N7O2S/c26-18(20-5-9-28-25-6-1-7-25)15-13-10-24(8-3-14(13)27-23-15)17-12-2-4-19-16(12)21-11-22-17/h2,4,11H,1,3,5-10H2,(H,20,26)(H,19,21,22). The molecular weight excluding hydrogens is 378 g/mol. The second kappa shape index (κ2) is 7.44. The molecule has 0 atom stereocenters. The van der Waals surface area contributed by atoms with Crippen molar-refractivity contribution in [1.82, 2.24) is 29.7 Å². The maximum atomic E-state index is 12.6. The molecule has 28 heavy (non-hydrogen) atoms. The summed E-state index contributed by atoms with van der Waals surface area (Å²) in [5.74, 6) is 2.33. The van der Waals surface area contributed by atoms with E-state index < -0.39 is 0 Å². The van der Waals surface area contributed by atoms with Crippen molar-refractivity contribution in [2.24, 2.45) is 0 Å². The van der Waals surface area contributed by atoms with Crippen LogP contribution in [0.25, 0.3) is 11.0 Å². The number of carbonyl (C=O) groups is 1. The molecule has 5 rings (SSSR count). The lowest BCUT2D eigenvalue weighted by molar-refractivity contribution is 0.0946. The second-order valence-corrected chi connectivity index (χ2v) is 8.10. The molecule has 0 saturated carbocycles. The molecule has 1 fully saturated rings. The second-order valence-electron chi connectivity index (χ2n) is 6.91. The number of carbonyl (C=O) groups excluding carboxylic acids is 1. The number of amides is 1. The van der Waals surface area contributed by atoms with Crippen LogP contribution in [0, 0.1) is 0 Å². The topological polar surface area (TPSA) is 103 Å². The highest BCUT2D eigenvalue weighted by Crippen LogP contribution is 2.29. The van der Waals surface area contributed by atoms with Gasteiger partial charge in [0.25, 0.3) is 5.91 Å². The van der Waals surface area contributed by atoms with Gasteiger partial charge in [-0.15, -0.1) is 0 Å². The van der Waals surface area contributed by atoms with Gasteiger partial charge in [-0.1, -0.05) is 17.1 Å². The van der Waals surface area contributed by atoms with E-state index in [2.05, 4.69) is 34.6 Å². The Morgan fingerprint density at radius 3 is 3.11 bits per heavy atom. The Labute approximate surface area is 166 Å². The van der Waals surface area contributed by atoms with Gasteiger partial charge >= 0.3 is 0 Å². The van der Waals surface area contributed by atoms with Crippen LogP contribution in [0.15, 0.2) is 23.1 Å². The van der Waals surface area contributed by atoms with E-state index in [1.807, 2.05) is 12.3 Å². The third-order valence-electron chi connectivity index (χ3n) is 5.15. The Balaban J connectivity index is 1.28. The minimum absolute atomic E-state index is 0.175. The first kappa shape index (κ1) is 17.5. The lowest BCUT2D eigenvalue weighted by Crippen LogP contribution is -2.34. The first-order valence-electron chi connectivity index (χ1n) is 9.46. The van der Waals surface area contributed by atoms with Crippen molar-refractivity contribution in [2.75, 3.05) is 36.8 Å². The quantitative estimate of drug-likeness (QED) is 0.476. The van der Waals surface area contributed by atoms with Gasteiger partial charge in [0.2, 0.25) is 0 Å². The maximum absolute atomic E-state index is 12.6. The summed E-state index contributed by atoms with van der Waals surface area (Å²) < 4.78 is 7.76. The summed E-state index contributed by atoms with van der Waals surface area (Å²) in [6.45, 7) is 4.20. The third-order valence-corrected chi connectivity index (χ3v) is 6.27. The van der Waals surface area contributed by atoms with E-state index in [1.54, 1.807) is 18.3 Å². The summed E-state index contributed by atoms with van der Waals surface area (Å²) >= 11 is 1.78. The van der Waals surface area contributed by atoms with Gasteiger partial charge in [-0.3, -0.25) is 9.10 Å². The summed E-state index contributed by atoms with van der Waals surface area (Å²) in [5.41, 5.74) is 2.04. The van der Waals surface area contributed by atoms with E-state index in [-0.39, 0.29) is 5.91 Å². The summed E-state index contributed by atoms with van der Waals surface area (Å²) in [6, 6.07) is 1.97. The largest absolute Gasteiger partial charge is 0.360 e. The van der Waals surface area contributed by atoms with Crippen molar-refractivity contribution in [3.63, 3.8) is 0 Å². The van der Waals surface area contributed by atoms with Crippen LogP contribution in [0.3, 0.4) is 0 Å². The molecular formula is C18H21N7O2S. The van der Waals surface area contributed by atoms with E-state index in [0.717, 1.165) is 53.6 Å². The number of fused-ring (bicyclic) bond motifs is 2. The highest BCUT2D eigenvalue weighted by atomic mass is 32.2. The summed E-state index contributed by atoms with van der Waals surface area (Å²) in [4.78, 5) is 26.6. The molecule has 0 radical (unpaired) electrons. The minimum atomic E-state index is -0.175. The van der Waals surface area contributed by atoms with Crippen LogP contribution in [0.2, 0.25) is 0 Å². The Kier molecular flexibility index (Phi) is 4.65. The van der Waals surface area contributed by atoms with Gasteiger partial charge in [-0.05, 0) is 12.5 Å². The van der Waals surface area contributed by atoms with Crippen molar-refractivity contribution in [3.8, 4) is 0 Å². The summed E-state index contributed by atoms with van der Waals surface area (Å²) in [7, 11) is 0. The van der Waals surface area contributed by atoms with E-state index in [0.29, 0.717) is 25.2 Å². The Hall–Kier alpha value is -2.59. The van der Waals surface area contributed by atoms with Crippen LogP contribution in [-0.2, 0) is 13.0 Å². The number of hydrogen-bond donors (Lipinski definition) is 2. The Morgan fingerprint density at radius 1 is 1.32 bits per heavy atom. The van der Waals surface area contributed by atoms with Crippen LogP contribution < -0.4 is 10.2 Å². The predicted molar refractivity (Wildman–Crippen MR) is 106 cm³/mol. The van der Waals surface area contributed by atoms with Crippen LogP contribution in [0.1, 0.15) is 28.2 Å². The third kappa shape index (κ3) is 3.22. The zero-order chi connectivity index (χ0) is 18.9. The van der Waals surface area contributed by atoms with Gasteiger partial charge in [0.05, 0.1) is 11.9 Å². The van der Waals surface area contributed by atoms with E-state index in [1.165, 1.54) is 6.42 Å². The van der Waals surface area contributed by atoms with E-state index in [4.69, 9.17) is 4.52 Å². The van der Waals surface area contributed by atoms with Gasteiger partial charge in [-0.25, -0.2) is 9.97 Å². The lowest BCUT2D eigenvalue weighted by Gasteiger charge is -2.29. The number of aromatic amines is 1. The normalized spacial score (nSPS) is 16.8. The van der Waals surface area contributed by atoms with Gasteiger partial charge in [0.1, 0.15) is 23.6 Å². The molecule has 2 N–H and O–H groups in total. The highest BCUT2D eigenvalue weighted by molar-refractivity contribution is 7.97. The number of rotatable bonds is 6. The molecule has 3 aromatic rings. The molecule has 2 aliphatic rings. The van der Waals surface area contributed by atoms with Crippen LogP contribution in [0.5, 0.6) is 0 Å². The molecule has 10 heteroatoms. The zero-order valence-electron chi connectivity index (χ0n) is 15.3. The maximum Gasteiger partial charge on any atom is 0.273 e. The fraction of sp³-hybridized carbons (Fsp3) is 0.444. The molecule has 5 heterocycles. The number of anilines is 1. The number of H-pyrrole nitrogens is 1. The SMILES string of the molecule is O=C(NCCSN1CCC1)c1noc2c1CN(c1ncnc3[nH]ccc13)CC2. The fourth-order valence-corrected chi connectivity index (χ4v) is 4.49. The fourth-order valence-electron chi connectivity index (χ4n) is 3.52. The summed E-state index contributed by atoms with van der Waals surface area (Å²) in [5, 5.41) is 7.98. The molecule has 0 spiro atoms. The molecule has 0 bridgehead atoms. The highest BCUT2D eigenvalue weighted by Gasteiger charge is 2.29. The van der Waals surface area contributed by atoms with Gasteiger partial charge in [0.15, 0.2) is 5.69 Å². The van der Waals surface area contributed by atoms with Crippen molar-refractivity contribution < 1.29 is 9.32 Å². The molecule has 146 valence electrons. The molecule has 0 aliphatic carbocycles. The first-order valence-corrected chi connectivity index (χ1v) is 10.4. The molecule has 9 nitrogen and oxygen atoms in total. The van der Waals surface area contributed by atoms with Crippen LogP contribution in [-0.4, -0.2) is 62.3 Å². The van der Waals surface area contributed by atoms with E-state index >= 15 is 0 Å².